The van der Waals surface area contributed by atoms with E-state index in [1.807, 2.05) is 48.5 Å². The van der Waals surface area contributed by atoms with Crippen LogP contribution in [0.5, 0.6) is 0 Å². The number of anilines is 1. The van der Waals surface area contributed by atoms with Gasteiger partial charge in [0.05, 0.1) is 11.0 Å². The number of hydrogen-bond donors (Lipinski definition) is 2. The SMILES string of the molecule is Cc1cc(C(=O)Nc2cccc(-c3nc4ccccc4[nH]3)c2)no1. The molecule has 2 heterocycles. The number of para-hydroxylation sites is 2. The number of fused-ring (bicyclic) bond motifs is 1. The highest BCUT2D eigenvalue weighted by atomic mass is 16.5. The first-order valence-electron chi connectivity index (χ1n) is 7.49. The van der Waals surface area contributed by atoms with Crippen molar-refractivity contribution in [2.24, 2.45) is 0 Å². The highest BCUT2D eigenvalue weighted by molar-refractivity contribution is 6.03. The van der Waals surface area contributed by atoms with Crippen molar-refractivity contribution in [1.29, 1.82) is 0 Å². The van der Waals surface area contributed by atoms with E-state index in [0.717, 1.165) is 22.4 Å². The minimum atomic E-state index is -0.311. The van der Waals surface area contributed by atoms with Crippen LogP contribution in [0.4, 0.5) is 5.69 Å². The van der Waals surface area contributed by atoms with Gasteiger partial charge in [-0.25, -0.2) is 4.98 Å². The Bertz CT molecular complexity index is 999. The number of nitrogens with zero attached hydrogens (tertiary/aromatic N) is 2. The first kappa shape index (κ1) is 14.2. The lowest BCUT2D eigenvalue weighted by Gasteiger charge is -2.04. The second kappa shape index (κ2) is 5.66. The van der Waals surface area contributed by atoms with Crippen molar-refractivity contribution < 1.29 is 9.32 Å². The van der Waals surface area contributed by atoms with Crippen molar-refractivity contribution in [1.82, 2.24) is 15.1 Å². The quantitative estimate of drug-likeness (QED) is 0.602. The Labute approximate surface area is 137 Å². The average molecular weight is 318 g/mol. The lowest BCUT2D eigenvalue weighted by Crippen LogP contribution is -2.12. The van der Waals surface area contributed by atoms with Crippen LogP contribution in [0.25, 0.3) is 22.4 Å². The molecule has 0 spiro atoms. The third-order valence-corrected chi connectivity index (χ3v) is 3.64. The molecule has 0 aliphatic carbocycles. The molecule has 0 saturated heterocycles. The van der Waals surface area contributed by atoms with Crippen molar-refractivity contribution in [3.05, 3.63) is 66.1 Å². The molecule has 2 aromatic heterocycles. The van der Waals surface area contributed by atoms with E-state index in [0.29, 0.717) is 11.4 Å². The fourth-order valence-corrected chi connectivity index (χ4v) is 2.50. The summed E-state index contributed by atoms with van der Waals surface area (Å²) in [5.74, 6) is 1.04. The number of aromatic nitrogens is 3. The fraction of sp³-hybridized carbons (Fsp3) is 0.0556. The summed E-state index contributed by atoms with van der Waals surface area (Å²) in [4.78, 5) is 20.0. The zero-order valence-corrected chi connectivity index (χ0v) is 12.9. The van der Waals surface area contributed by atoms with E-state index in [1.54, 1.807) is 13.0 Å². The first-order valence-corrected chi connectivity index (χ1v) is 7.49. The summed E-state index contributed by atoms with van der Waals surface area (Å²) in [7, 11) is 0. The lowest BCUT2D eigenvalue weighted by molar-refractivity contribution is 0.101. The second-order valence-corrected chi connectivity index (χ2v) is 5.46. The van der Waals surface area contributed by atoms with Crippen LogP contribution in [-0.2, 0) is 0 Å². The van der Waals surface area contributed by atoms with Gasteiger partial charge in [-0.05, 0) is 31.2 Å². The predicted octanol–water partition coefficient (Wildman–Crippen LogP) is 3.78. The Hall–Kier alpha value is -3.41. The number of amides is 1. The van der Waals surface area contributed by atoms with Crippen LogP contribution in [0.1, 0.15) is 16.2 Å². The number of benzene rings is 2. The lowest BCUT2D eigenvalue weighted by atomic mass is 10.2. The molecule has 118 valence electrons. The van der Waals surface area contributed by atoms with Crippen molar-refractivity contribution in [3.8, 4) is 11.4 Å². The normalized spacial score (nSPS) is 10.9. The molecular formula is C18H14N4O2. The maximum absolute atomic E-state index is 12.2. The van der Waals surface area contributed by atoms with Gasteiger partial charge in [0.2, 0.25) is 0 Å². The van der Waals surface area contributed by atoms with Crippen LogP contribution in [0.3, 0.4) is 0 Å². The van der Waals surface area contributed by atoms with Gasteiger partial charge >= 0.3 is 0 Å². The average Bonchev–Trinajstić information content (AvgIpc) is 3.21. The van der Waals surface area contributed by atoms with E-state index in [4.69, 9.17) is 4.52 Å². The molecule has 0 atom stereocenters. The van der Waals surface area contributed by atoms with E-state index < -0.39 is 0 Å². The van der Waals surface area contributed by atoms with Crippen LogP contribution >= 0.6 is 0 Å². The molecule has 0 unspecified atom stereocenters. The summed E-state index contributed by atoms with van der Waals surface area (Å²) in [5.41, 5.74) is 3.68. The molecule has 6 nitrogen and oxygen atoms in total. The number of hydrogen-bond acceptors (Lipinski definition) is 4. The van der Waals surface area contributed by atoms with Crippen LogP contribution in [0, 0.1) is 6.92 Å². The number of imidazole rings is 1. The monoisotopic (exact) mass is 318 g/mol. The molecule has 6 heteroatoms. The van der Waals surface area contributed by atoms with Gasteiger partial charge in [-0.15, -0.1) is 0 Å². The number of rotatable bonds is 3. The zero-order valence-electron chi connectivity index (χ0n) is 12.9. The summed E-state index contributed by atoms with van der Waals surface area (Å²) in [6.45, 7) is 1.74. The predicted molar refractivity (Wildman–Crippen MR) is 90.7 cm³/mol. The molecule has 0 aliphatic heterocycles. The Kier molecular flexibility index (Phi) is 3.35. The zero-order chi connectivity index (χ0) is 16.5. The number of nitrogens with one attached hydrogen (secondary N) is 2. The molecule has 24 heavy (non-hydrogen) atoms. The number of aromatic amines is 1. The summed E-state index contributed by atoms with van der Waals surface area (Å²) in [6, 6.07) is 16.9. The highest BCUT2D eigenvalue weighted by Gasteiger charge is 2.12. The number of H-pyrrole nitrogens is 1. The van der Waals surface area contributed by atoms with E-state index in [1.165, 1.54) is 0 Å². The van der Waals surface area contributed by atoms with Gasteiger partial charge < -0.3 is 14.8 Å². The van der Waals surface area contributed by atoms with E-state index in [-0.39, 0.29) is 11.6 Å². The van der Waals surface area contributed by atoms with Gasteiger partial charge in [0.25, 0.3) is 5.91 Å². The highest BCUT2D eigenvalue weighted by Crippen LogP contribution is 2.23. The molecule has 4 aromatic rings. The summed E-state index contributed by atoms with van der Waals surface area (Å²) in [5, 5.41) is 6.53. The first-order chi connectivity index (χ1) is 11.7. The molecule has 1 amide bonds. The molecule has 0 aliphatic rings. The summed E-state index contributed by atoms with van der Waals surface area (Å²) < 4.78 is 4.92. The molecule has 0 fully saturated rings. The Morgan fingerprint density at radius 2 is 2.00 bits per heavy atom. The molecule has 2 N–H and O–H groups in total. The Morgan fingerprint density at radius 3 is 2.79 bits per heavy atom. The molecule has 0 saturated carbocycles. The molecule has 4 rings (SSSR count). The molecule has 0 radical (unpaired) electrons. The maximum atomic E-state index is 12.2. The van der Waals surface area contributed by atoms with Gasteiger partial charge in [0.1, 0.15) is 11.6 Å². The van der Waals surface area contributed by atoms with Crippen molar-refractivity contribution in [3.63, 3.8) is 0 Å². The second-order valence-electron chi connectivity index (χ2n) is 5.46. The van der Waals surface area contributed by atoms with Gasteiger partial charge in [-0.1, -0.05) is 29.4 Å². The Morgan fingerprint density at radius 1 is 1.12 bits per heavy atom. The number of carbonyl (C=O) groups excluding carboxylic acids is 1. The molecule has 2 aromatic carbocycles. The smallest absolute Gasteiger partial charge is 0.277 e. The summed E-state index contributed by atoms with van der Waals surface area (Å²) >= 11 is 0. The van der Waals surface area contributed by atoms with E-state index >= 15 is 0 Å². The Balaban J connectivity index is 1.62. The van der Waals surface area contributed by atoms with E-state index in [9.17, 15) is 4.79 Å². The van der Waals surface area contributed by atoms with Gasteiger partial charge in [-0.2, -0.15) is 0 Å². The molecule has 0 bridgehead atoms. The van der Waals surface area contributed by atoms with Crippen molar-refractivity contribution in [2.45, 2.75) is 6.92 Å². The van der Waals surface area contributed by atoms with Crippen LogP contribution < -0.4 is 5.32 Å². The van der Waals surface area contributed by atoms with Gasteiger partial charge in [-0.3, -0.25) is 4.79 Å². The van der Waals surface area contributed by atoms with Gasteiger partial charge in [0, 0.05) is 17.3 Å². The number of aryl methyl sites for hydroxylation is 1. The third kappa shape index (κ3) is 2.65. The van der Waals surface area contributed by atoms with Crippen LogP contribution in [-0.4, -0.2) is 21.0 Å². The van der Waals surface area contributed by atoms with E-state index in [2.05, 4.69) is 20.4 Å². The minimum Gasteiger partial charge on any atom is -0.361 e. The molecular weight excluding hydrogens is 304 g/mol. The third-order valence-electron chi connectivity index (χ3n) is 3.64. The van der Waals surface area contributed by atoms with Crippen LogP contribution in [0.2, 0.25) is 0 Å². The van der Waals surface area contributed by atoms with Crippen molar-refractivity contribution in [2.75, 3.05) is 5.32 Å². The largest absolute Gasteiger partial charge is 0.361 e. The van der Waals surface area contributed by atoms with Gasteiger partial charge in [0.15, 0.2) is 5.69 Å². The van der Waals surface area contributed by atoms with Crippen LogP contribution in [0.15, 0.2) is 59.1 Å². The minimum absolute atomic E-state index is 0.252. The summed E-state index contributed by atoms with van der Waals surface area (Å²) in [6.07, 6.45) is 0. The fourth-order valence-electron chi connectivity index (χ4n) is 2.50. The maximum Gasteiger partial charge on any atom is 0.277 e. The topological polar surface area (TPSA) is 83.8 Å². The number of carbonyl (C=O) groups is 1. The standard InChI is InChI=1S/C18H14N4O2/c1-11-9-16(22-24-11)18(23)19-13-6-4-5-12(10-13)17-20-14-7-2-3-8-15(14)21-17/h2-10H,1H3,(H,19,23)(H,20,21). The van der Waals surface area contributed by atoms with Crippen molar-refractivity contribution >= 4 is 22.6 Å².